The van der Waals surface area contributed by atoms with Gasteiger partial charge in [0, 0.05) is 12.5 Å². The van der Waals surface area contributed by atoms with E-state index in [2.05, 4.69) is 60.2 Å². The summed E-state index contributed by atoms with van der Waals surface area (Å²) in [5.41, 5.74) is 1.23. The van der Waals surface area contributed by atoms with Gasteiger partial charge in [-0.15, -0.1) is 11.8 Å². The van der Waals surface area contributed by atoms with Crippen molar-refractivity contribution in [2.45, 2.75) is 26.3 Å². The molecule has 0 spiro atoms. The van der Waals surface area contributed by atoms with E-state index in [9.17, 15) is 4.21 Å². The number of nitrogens with zero attached hydrogens (tertiary/aromatic N) is 1. The molecule has 0 fully saturated rings. The SMILES string of the molecule is CC/C(=C/c1sc2ccc3ccccc3c2[n+]1CCCS(=O)O)SC. The molecule has 0 aliphatic heterocycles. The minimum absolute atomic E-state index is 0.307. The average molecular weight is 393 g/mol. The number of allylic oxidation sites excluding steroid dienone is 1. The summed E-state index contributed by atoms with van der Waals surface area (Å²) < 4.78 is 23.7. The molecular weight excluding hydrogens is 370 g/mol. The second-order valence-corrected chi connectivity index (χ2v) is 8.82. The van der Waals surface area contributed by atoms with Gasteiger partial charge >= 0.3 is 0 Å². The maximum absolute atomic E-state index is 11.0. The molecule has 1 atom stereocenters. The summed E-state index contributed by atoms with van der Waals surface area (Å²) in [6, 6.07) is 12.8. The van der Waals surface area contributed by atoms with Crippen LogP contribution >= 0.6 is 23.1 Å². The first-order valence-electron chi connectivity index (χ1n) is 8.30. The summed E-state index contributed by atoms with van der Waals surface area (Å²) in [5, 5.41) is 3.67. The number of hydrogen-bond donors (Lipinski definition) is 1. The van der Waals surface area contributed by atoms with Crippen molar-refractivity contribution < 1.29 is 13.3 Å². The summed E-state index contributed by atoms with van der Waals surface area (Å²) in [7, 11) is 0. The molecule has 6 heteroatoms. The van der Waals surface area contributed by atoms with Crippen molar-refractivity contribution in [3.63, 3.8) is 0 Å². The maximum Gasteiger partial charge on any atom is 0.263 e. The van der Waals surface area contributed by atoms with E-state index in [0.29, 0.717) is 12.2 Å². The molecule has 3 aromatic rings. The Bertz CT molecular complexity index is 940. The minimum Gasteiger partial charge on any atom is -0.306 e. The quantitative estimate of drug-likeness (QED) is 0.451. The molecule has 3 nitrogen and oxygen atoms in total. The van der Waals surface area contributed by atoms with Gasteiger partial charge < -0.3 is 4.55 Å². The number of fused-ring (bicyclic) bond motifs is 3. The van der Waals surface area contributed by atoms with Crippen LogP contribution in [0.5, 0.6) is 0 Å². The van der Waals surface area contributed by atoms with Gasteiger partial charge in [0.1, 0.15) is 4.70 Å². The fraction of sp³-hybridized carbons (Fsp3) is 0.316. The van der Waals surface area contributed by atoms with E-state index >= 15 is 0 Å². The Morgan fingerprint density at radius 3 is 2.84 bits per heavy atom. The van der Waals surface area contributed by atoms with E-state index in [1.54, 1.807) is 23.1 Å². The van der Waals surface area contributed by atoms with E-state index in [-0.39, 0.29) is 0 Å². The van der Waals surface area contributed by atoms with Crippen LogP contribution in [0.15, 0.2) is 41.3 Å². The molecule has 0 bridgehead atoms. The van der Waals surface area contributed by atoms with Crippen LogP contribution in [0.1, 0.15) is 24.8 Å². The highest BCUT2D eigenvalue weighted by molar-refractivity contribution is 8.02. The van der Waals surface area contributed by atoms with Crippen LogP contribution in [0.25, 0.3) is 27.1 Å². The number of rotatable bonds is 7. The highest BCUT2D eigenvalue weighted by atomic mass is 32.2. The van der Waals surface area contributed by atoms with Crippen LogP contribution in [0.3, 0.4) is 0 Å². The van der Waals surface area contributed by atoms with Crippen molar-refractivity contribution in [2.75, 3.05) is 12.0 Å². The molecule has 0 aliphatic rings. The fourth-order valence-electron chi connectivity index (χ4n) is 2.99. The number of aromatic nitrogens is 1. The summed E-state index contributed by atoms with van der Waals surface area (Å²) in [6.07, 6.45) is 6.07. The van der Waals surface area contributed by atoms with Gasteiger partial charge in [0.15, 0.2) is 17.6 Å². The van der Waals surface area contributed by atoms with E-state index in [1.165, 1.54) is 30.9 Å². The Hall–Kier alpha value is -1.21. The van der Waals surface area contributed by atoms with Crippen LogP contribution in [-0.4, -0.2) is 20.8 Å². The van der Waals surface area contributed by atoms with Crippen LogP contribution in [0, 0.1) is 0 Å². The first-order valence-corrected chi connectivity index (χ1v) is 11.6. The molecule has 1 N–H and O–H groups in total. The summed E-state index contributed by atoms with van der Waals surface area (Å²) >= 11 is 1.84. The normalized spacial score (nSPS) is 13.6. The van der Waals surface area contributed by atoms with Crippen molar-refractivity contribution in [3.8, 4) is 0 Å². The Morgan fingerprint density at radius 1 is 1.32 bits per heavy atom. The molecule has 0 radical (unpaired) electrons. The molecule has 3 rings (SSSR count). The molecule has 0 saturated carbocycles. The van der Waals surface area contributed by atoms with E-state index in [0.717, 1.165) is 13.0 Å². The second-order valence-electron chi connectivity index (χ2n) is 5.77. The number of thiazole rings is 1. The van der Waals surface area contributed by atoms with Crippen LogP contribution < -0.4 is 4.57 Å². The van der Waals surface area contributed by atoms with Crippen molar-refractivity contribution in [1.82, 2.24) is 0 Å². The van der Waals surface area contributed by atoms with Crippen LogP contribution in [0.4, 0.5) is 0 Å². The first-order chi connectivity index (χ1) is 12.1. The zero-order valence-electron chi connectivity index (χ0n) is 14.4. The highest BCUT2D eigenvalue weighted by Crippen LogP contribution is 2.30. The molecule has 1 aromatic heterocycles. The lowest BCUT2D eigenvalue weighted by Crippen LogP contribution is -2.36. The Kier molecular flexibility index (Phi) is 6.28. The predicted octanol–water partition coefficient (Wildman–Crippen LogP) is 5.07. The molecule has 132 valence electrons. The van der Waals surface area contributed by atoms with Gasteiger partial charge in [-0.25, -0.2) is 4.21 Å². The van der Waals surface area contributed by atoms with Crippen LogP contribution in [-0.2, 0) is 17.6 Å². The topological polar surface area (TPSA) is 41.2 Å². The Morgan fingerprint density at radius 2 is 2.12 bits per heavy atom. The monoisotopic (exact) mass is 392 g/mol. The maximum atomic E-state index is 11.0. The number of aryl methyl sites for hydroxylation is 1. The van der Waals surface area contributed by atoms with Crippen LogP contribution in [0.2, 0.25) is 0 Å². The van der Waals surface area contributed by atoms with Gasteiger partial charge in [-0.2, -0.15) is 4.57 Å². The van der Waals surface area contributed by atoms with Gasteiger partial charge in [0.05, 0.1) is 11.1 Å². The zero-order valence-corrected chi connectivity index (χ0v) is 16.8. The molecule has 1 unspecified atom stereocenters. The third-order valence-electron chi connectivity index (χ3n) is 4.21. The van der Waals surface area contributed by atoms with Gasteiger partial charge in [-0.05, 0) is 35.1 Å². The lowest BCUT2D eigenvalue weighted by atomic mass is 10.1. The van der Waals surface area contributed by atoms with Crippen molar-refractivity contribution in [3.05, 3.63) is 46.3 Å². The minimum atomic E-state index is -1.74. The molecule has 25 heavy (non-hydrogen) atoms. The number of benzene rings is 2. The number of hydrogen-bond acceptors (Lipinski definition) is 3. The van der Waals surface area contributed by atoms with Crippen molar-refractivity contribution in [1.29, 1.82) is 0 Å². The second kappa shape index (κ2) is 8.45. The highest BCUT2D eigenvalue weighted by Gasteiger charge is 2.21. The molecule has 0 aliphatic carbocycles. The molecular formula is C19H22NO2S3+. The largest absolute Gasteiger partial charge is 0.306 e. The van der Waals surface area contributed by atoms with Crippen molar-refractivity contribution in [2.24, 2.45) is 0 Å². The van der Waals surface area contributed by atoms with Gasteiger partial charge in [0.25, 0.3) is 5.01 Å². The summed E-state index contributed by atoms with van der Waals surface area (Å²) in [5.74, 6) is 0.307. The lowest BCUT2D eigenvalue weighted by Gasteiger charge is -2.01. The lowest BCUT2D eigenvalue weighted by molar-refractivity contribution is -0.667. The molecule has 2 aromatic carbocycles. The molecule has 1 heterocycles. The van der Waals surface area contributed by atoms with E-state index < -0.39 is 11.1 Å². The summed E-state index contributed by atoms with van der Waals surface area (Å²) in [4.78, 5) is 1.34. The van der Waals surface area contributed by atoms with E-state index in [1.807, 2.05) is 0 Å². The Balaban J connectivity index is 2.18. The number of thioether (sulfide) groups is 1. The average Bonchev–Trinajstić information content (AvgIpc) is 2.97. The molecule has 0 amide bonds. The smallest absolute Gasteiger partial charge is 0.263 e. The first kappa shape index (κ1) is 18.6. The predicted molar refractivity (Wildman–Crippen MR) is 112 cm³/mol. The van der Waals surface area contributed by atoms with Gasteiger partial charge in [-0.3, -0.25) is 0 Å². The van der Waals surface area contributed by atoms with Gasteiger partial charge in [-0.1, -0.05) is 42.5 Å². The van der Waals surface area contributed by atoms with E-state index in [4.69, 9.17) is 4.55 Å². The Labute approximate surface area is 159 Å². The third-order valence-corrected chi connectivity index (χ3v) is 6.88. The third kappa shape index (κ3) is 4.14. The zero-order chi connectivity index (χ0) is 17.8. The van der Waals surface area contributed by atoms with Gasteiger partial charge in [0.2, 0.25) is 5.52 Å². The molecule has 0 saturated heterocycles. The van der Waals surface area contributed by atoms with Crippen molar-refractivity contribution >= 4 is 61.2 Å². The summed E-state index contributed by atoms with van der Waals surface area (Å²) in [6.45, 7) is 2.92. The standard InChI is InChI=1S/C19H21NO2S3/c1-3-15(23-2)13-18-20(11-6-12-25(21)22)19-16-8-5-4-7-14(16)9-10-17(19)24-18/h4-5,7-10,13H,3,6,11-12H2,1-2H3/p+1/b15-13-. The fourth-order valence-corrected chi connectivity index (χ4v) is 5.13.